The summed E-state index contributed by atoms with van der Waals surface area (Å²) in [7, 11) is 1.63. The van der Waals surface area contributed by atoms with Gasteiger partial charge in [-0.25, -0.2) is 0 Å². The van der Waals surface area contributed by atoms with E-state index in [0.29, 0.717) is 19.6 Å². The molecule has 1 atom stereocenters. The Bertz CT molecular complexity index is 151. The van der Waals surface area contributed by atoms with E-state index in [1.165, 1.54) is 0 Å². The highest BCUT2D eigenvalue weighted by Crippen LogP contribution is 1.98. The molecule has 14 heavy (non-hydrogen) atoms. The van der Waals surface area contributed by atoms with Crippen LogP contribution in [0.2, 0.25) is 0 Å². The number of rotatable bonds is 8. The van der Waals surface area contributed by atoms with Crippen molar-refractivity contribution in [3.8, 4) is 0 Å². The Morgan fingerprint density at radius 3 is 2.71 bits per heavy atom. The van der Waals surface area contributed by atoms with Crippen LogP contribution in [0.4, 0.5) is 0 Å². The molecule has 4 nitrogen and oxygen atoms in total. The Morgan fingerprint density at radius 2 is 2.14 bits per heavy atom. The Morgan fingerprint density at radius 1 is 1.43 bits per heavy atom. The zero-order chi connectivity index (χ0) is 10.8. The number of carbonyl (C=O) groups is 1. The fourth-order valence-corrected chi connectivity index (χ4v) is 1.25. The molecule has 84 valence electrons. The summed E-state index contributed by atoms with van der Waals surface area (Å²) in [5, 5.41) is 2.86. The van der Waals surface area contributed by atoms with Crippen molar-refractivity contribution >= 4 is 5.91 Å². The Hall–Kier alpha value is -0.610. The summed E-state index contributed by atoms with van der Waals surface area (Å²) in [6.07, 6.45) is 3.54. The van der Waals surface area contributed by atoms with Crippen LogP contribution in [0.15, 0.2) is 0 Å². The lowest BCUT2D eigenvalue weighted by Gasteiger charge is -2.12. The lowest BCUT2D eigenvalue weighted by Crippen LogP contribution is -2.35. The molecule has 0 aliphatic carbocycles. The predicted molar refractivity (Wildman–Crippen MR) is 57.0 cm³/mol. The Labute approximate surface area is 86.2 Å². The first kappa shape index (κ1) is 13.4. The predicted octanol–water partition coefficient (Wildman–Crippen LogP) is 0.657. The fraction of sp³-hybridized carbons (Fsp3) is 0.900. The van der Waals surface area contributed by atoms with Crippen molar-refractivity contribution < 1.29 is 9.53 Å². The Kier molecular flexibility index (Phi) is 8.57. The standard InChI is InChI=1S/C10H22N2O2/c1-9(8-14-2)12-10(13)6-4-3-5-7-11/h9H,3-8,11H2,1-2H3,(H,12,13). The van der Waals surface area contributed by atoms with Crippen LogP contribution in [0.1, 0.15) is 32.6 Å². The number of ether oxygens (including phenoxy) is 1. The second-order valence-corrected chi connectivity index (χ2v) is 3.52. The van der Waals surface area contributed by atoms with Crippen molar-refractivity contribution in [1.82, 2.24) is 5.32 Å². The quantitative estimate of drug-likeness (QED) is 0.568. The van der Waals surface area contributed by atoms with Crippen LogP contribution in [0.25, 0.3) is 0 Å². The molecule has 0 aromatic rings. The van der Waals surface area contributed by atoms with Gasteiger partial charge in [0.1, 0.15) is 0 Å². The average molecular weight is 202 g/mol. The molecule has 0 aromatic heterocycles. The van der Waals surface area contributed by atoms with E-state index >= 15 is 0 Å². The number of nitrogens with two attached hydrogens (primary N) is 1. The molecule has 0 aliphatic heterocycles. The van der Waals surface area contributed by atoms with Gasteiger partial charge in [0.05, 0.1) is 6.61 Å². The number of hydrogen-bond acceptors (Lipinski definition) is 3. The molecular formula is C10H22N2O2. The van der Waals surface area contributed by atoms with E-state index in [0.717, 1.165) is 19.3 Å². The number of methoxy groups -OCH3 is 1. The molecule has 0 bridgehead atoms. The summed E-state index contributed by atoms with van der Waals surface area (Å²) in [6.45, 7) is 3.21. The van der Waals surface area contributed by atoms with Gasteiger partial charge in [0.25, 0.3) is 0 Å². The van der Waals surface area contributed by atoms with Crippen LogP contribution < -0.4 is 11.1 Å². The van der Waals surface area contributed by atoms with Crippen molar-refractivity contribution in [1.29, 1.82) is 0 Å². The van der Waals surface area contributed by atoms with E-state index in [4.69, 9.17) is 10.5 Å². The van der Waals surface area contributed by atoms with Crippen LogP contribution in [0.5, 0.6) is 0 Å². The molecule has 0 aromatic carbocycles. The largest absolute Gasteiger partial charge is 0.383 e. The molecule has 3 N–H and O–H groups in total. The number of amides is 1. The minimum absolute atomic E-state index is 0.0991. The monoisotopic (exact) mass is 202 g/mol. The van der Waals surface area contributed by atoms with Gasteiger partial charge in [0, 0.05) is 19.6 Å². The molecule has 0 aliphatic rings. The van der Waals surface area contributed by atoms with E-state index in [1.807, 2.05) is 6.92 Å². The highest BCUT2D eigenvalue weighted by molar-refractivity contribution is 5.76. The minimum atomic E-state index is 0.0991. The van der Waals surface area contributed by atoms with Crippen molar-refractivity contribution in [2.75, 3.05) is 20.3 Å². The van der Waals surface area contributed by atoms with Crippen molar-refractivity contribution in [2.45, 2.75) is 38.6 Å². The molecule has 0 rings (SSSR count). The molecule has 0 saturated carbocycles. The number of nitrogens with one attached hydrogen (secondary N) is 1. The van der Waals surface area contributed by atoms with Crippen LogP contribution in [-0.4, -0.2) is 32.2 Å². The van der Waals surface area contributed by atoms with Gasteiger partial charge in [-0.1, -0.05) is 6.42 Å². The summed E-state index contributed by atoms with van der Waals surface area (Å²) in [4.78, 5) is 11.3. The highest BCUT2D eigenvalue weighted by Gasteiger charge is 2.05. The second kappa shape index (κ2) is 8.97. The van der Waals surface area contributed by atoms with E-state index < -0.39 is 0 Å². The third kappa shape index (κ3) is 8.01. The second-order valence-electron chi connectivity index (χ2n) is 3.52. The summed E-state index contributed by atoms with van der Waals surface area (Å²) in [5.41, 5.74) is 5.35. The molecule has 4 heteroatoms. The molecular weight excluding hydrogens is 180 g/mol. The molecule has 0 radical (unpaired) electrons. The van der Waals surface area contributed by atoms with E-state index in [1.54, 1.807) is 7.11 Å². The van der Waals surface area contributed by atoms with E-state index in [2.05, 4.69) is 5.32 Å². The number of carbonyl (C=O) groups excluding carboxylic acids is 1. The summed E-state index contributed by atoms with van der Waals surface area (Å²) in [6, 6.07) is 0.0991. The van der Waals surface area contributed by atoms with Crippen LogP contribution in [0, 0.1) is 0 Å². The smallest absolute Gasteiger partial charge is 0.220 e. The van der Waals surface area contributed by atoms with Crippen LogP contribution in [0.3, 0.4) is 0 Å². The zero-order valence-electron chi connectivity index (χ0n) is 9.21. The van der Waals surface area contributed by atoms with Gasteiger partial charge in [-0.15, -0.1) is 0 Å². The van der Waals surface area contributed by atoms with Crippen molar-refractivity contribution in [3.05, 3.63) is 0 Å². The van der Waals surface area contributed by atoms with Gasteiger partial charge >= 0.3 is 0 Å². The van der Waals surface area contributed by atoms with E-state index in [-0.39, 0.29) is 11.9 Å². The first-order valence-electron chi connectivity index (χ1n) is 5.19. The van der Waals surface area contributed by atoms with Gasteiger partial charge in [-0.2, -0.15) is 0 Å². The third-order valence-electron chi connectivity index (χ3n) is 1.93. The van der Waals surface area contributed by atoms with Crippen LogP contribution >= 0.6 is 0 Å². The van der Waals surface area contributed by atoms with Crippen molar-refractivity contribution in [2.24, 2.45) is 5.73 Å². The number of unbranched alkanes of at least 4 members (excludes halogenated alkanes) is 2. The van der Waals surface area contributed by atoms with Gasteiger partial charge in [0.15, 0.2) is 0 Å². The zero-order valence-corrected chi connectivity index (χ0v) is 9.21. The summed E-state index contributed by atoms with van der Waals surface area (Å²) < 4.78 is 4.92. The van der Waals surface area contributed by atoms with Gasteiger partial charge in [-0.3, -0.25) is 4.79 Å². The Balaban J connectivity index is 3.35. The third-order valence-corrected chi connectivity index (χ3v) is 1.93. The maximum Gasteiger partial charge on any atom is 0.220 e. The lowest BCUT2D eigenvalue weighted by atomic mass is 10.2. The molecule has 1 unspecified atom stereocenters. The highest BCUT2D eigenvalue weighted by atomic mass is 16.5. The first-order chi connectivity index (χ1) is 6.70. The lowest BCUT2D eigenvalue weighted by molar-refractivity contribution is -0.122. The maximum atomic E-state index is 11.3. The minimum Gasteiger partial charge on any atom is -0.383 e. The van der Waals surface area contributed by atoms with Gasteiger partial charge in [-0.05, 0) is 26.3 Å². The normalized spacial score (nSPS) is 12.5. The van der Waals surface area contributed by atoms with Gasteiger partial charge in [0.2, 0.25) is 5.91 Å². The van der Waals surface area contributed by atoms with Crippen molar-refractivity contribution in [3.63, 3.8) is 0 Å². The number of hydrogen-bond donors (Lipinski definition) is 2. The molecule has 0 spiro atoms. The molecule has 0 saturated heterocycles. The van der Waals surface area contributed by atoms with E-state index in [9.17, 15) is 4.79 Å². The molecule has 1 amide bonds. The first-order valence-corrected chi connectivity index (χ1v) is 5.19. The average Bonchev–Trinajstić information content (AvgIpc) is 2.13. The van der Waals surface area contributed by atoms with Crippen LogP contribution in [-0.2, 0) is 9.53 Å². The topological polar surface area (TPSA) is 64.3 Å². The summed E-state index contributed by atoms with van der Waals surface area (Å²) in [5.74, 6) is 0.103. The maximum absolute atomic E-state index is 11.3. The SMILES string of the molecule is COCC(C)NC(=O)CCCCCN. The van der Waals surface area contributed by atoms with Gasteiger partial charge < -0.3 is 15.8 Å². The molecule has 0 heterocycles. The molecule has 0 fully saturated rings. The summed E-state index contributed by atoms with van der Waals surface area (Å²) >= 11 is 0. The fourth-order valence-electron chi connectivity index (χ4n) is 1.25.